The fourth-order valence-electron chi connectivity index (χ4n) is 2.75. The van der Waals surface area contributed by atoms with E-state index >= 15 is 0 Å². The Morgan fingerprint density at radius 1 is 1.17 bits per heavy atom. The molecule has 7 nitrogen and oxygen atoms in total. The molecular weight excluding hydrogens is 314 g/mol. The quantitative estimate of drug-likeness (QED) is 0.769. The average Bonchev–Trinajstić information content (AvgIpc) is 2.79. The first-order valence-electron chi connectivity index (χ1n) is 8.18. The van der Waals surface area contributed by atoms with E-state index in [4.69, 9.17) is 18.9 Å². The van der Waals surface area contributed by atoms with E-state index in [1.54, 1.807) is 13.8 Å². The van der Waals surface area contributed by atoms with Crippen molar-refractivity contribution in [2.75, 3.05) is 13.2 Å². The highest BCUT2D eigenvalue weighted by Gasteiger charge is 2.42. The van der Waals surface area contributed by atoms with Crippen molar-refractivity contribution in [3.05, 3.63) is 22.5 Å². The van der Waals surface area contributed by atoms with Gasteiger partial charge in [0.05, 0.1) is 13.2 Å². The topological polar surface area (TPSA) is 86.9 Å². The molecule has 0 spiro atoms. The fourth-order valence-corrected chi connectivity index (χ4v) is 2.75. The number of carbonyl (C=O) groups excluding carboxylic acids is 2. The molecule has 2 rings (SSSR count). The van der Waals surface area contributed by atoms with Crippen LogP contribution >= 0.6 is 0 Å². The van der Waals surface area contributed by atoms with E-state index in [1.807, 2.05) is 20.8 Å². The number of hydrogen-bond donors (Lipinski definition) is 1. The third-order valence-corrected chi connectivity index (χ3v) is 3.72. The van der Waals surface area contributed by atoms with Gasteiger partial charge in [-0.1, -0.05) is 0 Å². The van der Waals surface area contributed by atoms with Gasteiger partial charge in [0.2, 0.25) is 0 Å². The van der Waals surface area contributed by atoms with Crippen molar-refractivity contribution in [3.63, 3.8) is 0 Å². The molecule has 7 heteroatoms. The number of aromatic amines is 1. The predicted octanol–water partition coefficient (Wildman–Crippen LogP) is 2.78. The van der Waals surface area contributed by atoms with Crippen molar-refractivity contribution < 1.29 is 28.5 Å². The zero-order valence-electron chi connectivity index (χ0n) is 14.9. The van der Waals surface area contributed by atoms with Gasteiger partial charge in [-0.15, -0.1) is 0 Å². The number of carbonyl (C=O) groups is 2. The molecule has 1 aromatic heterocycles. The molecule has 0 amide bonds. The van der Waals surface area contributed by atoms with Gasteiger partial charge in [0.25, 0.3) is 0 Å². The Morgan fingerprint density at radius 2 is 1.79 bits per heavy atom. The molecule has 0 saturated carbocycles. The molecule has 24 heavy (non-hydrogen) atoms. The molecule has 0 aliphatic carbocycles. The molecule has 1 aliphatic rings. The van der Waals surface area contributed by atoms with Crippen LogP contribution in [0.15, 0.2) is 0 Å². The highest BCUT2D eigenvalue weighted by Crippen LogP contribution is 2.42. The first-order valence-corrected chi connectivity index (χ1v) is 8.18. The Bertz CT molecular complexity index is 611. The molecule has 1 aromatic rings. The van der Waals surface area contributed by atoms with Crippen molar-refractivity contribution in [3.8, 4) is 0 Å². The summed E-state index contributed by atoms with van der Waals surface area (Å²) in [6, 6.07) is 0. The van der Waals surface area contributed by atoms with Gasteiger partial charge in [-0.25, -0.2) is 4.79 Å². The largest absolute Gasteiger partial charge is 0.466 e. The summed E-state index contributed by atoms with van der Waals surface area (Å²) < 4.78 is 21.5. The molecule has 134 valence electrons. The van der Waals surface area contributed by atoms with E-state index in [9.17, 15) is 9.59 Å². The minimum Gasteiger partial charge on any atom is -0.466 e. The third kappa shape index (κ3) is 3.96. The van der Waals surface area contributed by atoms with Gasteiger partial charge >= 0.3 is 11.9 Å². The smallest absolute Gasteiger partial charge is 0.355 e. The monoisotopic (exact) mass is 339 g/mol. The lowest BCUT2D eigenvalue weighted by molar-refractivity contribution is -0.443. The Kier molecular flexibility index (Phi) is 5.66. The Hall–Kier alpha value is -1.86. The highest BCUT2D eigenvalue weighted by molar-refractivity contribution is 5.90. The van der Waals surface area contributed by atoms with Crippen molar-refractivity contribution in [1.29, 1.82) is 0 Å². The summed E-state index contributed by atoms with van der Waals surface area (Å²) in [4.78, 5) is 26.9. The van der Waals surface area contributed by atoms with Crippen LogP contribution in [0.2, 0.25) is 0 Å². The van der Waals surface area contributed by atoms with Gasteiger partial charge < -0.3 is 23.9 Å². The maximum atomic E-state index is 12.2. The van der Waals surface area contributed by atoms with Gasteiger partial charge in [-0.3, -0.25) is 4.79 Å². The summed E-state index contributed by atoms with van der Waals surface area (Å²) in [6.45, 7) is 9.56. The van der Waals surface area contributed by atoms with Crippen molar-refractivity contribution in [1.82, 2.24) is 4.98 Å². The number of nitrogens with one attached hydrogen (secondary N) is 1. The zero-order chi connectivity index (χ0) is 17.9. The number of rotatable bonds is 7. The summed E-state index contributed by atoms with van der Waals surface area (Å²) in [7, 11) is 0. The first kappa shape index (κ1) is 18.5. The maximum Gasteiger partial charge on any atom is 0.355 e. The van der Waals surface area contributed by atoms with Crippen LogP contribution in [0.3, 0.4) is 0 Å². The highest BCUT2D eigenvalue weighted by atomic mass is 16.9. The van der Waals surface area contributed by atoms with E-state index in [1.165, 1.54) is 0 Å². The lowest BCUT2D eigenvalue weighted by atomic mass is 10.0. The molecule has 0 bridgehead atoms. The number of ether oxygens (including phenoxy) is 4. The van der Waals surface area contributed by atoms with Gasteiger partial charge in [0.1, 0.15) is 5.69 Å². The van der Waals surface area contributed by atoms with Crippen LogP contribution in [0.4, 0.5) is 0 Å². The second-order valence-corrected chi connectivity index (χ2v) is 6.01. The maximum absolute atomic E-state index is 12.2. The van der Waals surface area contributed by atoms with Gasteiger partial charge in [-0.2, -0.15) is 0 Å². The Labute approximate surface area is 141 Å². The van der Waals surface area contributed by atoms with Crippen LogP contribution in [0.25, 0.3) is 0 Å². The van der Waals surface area contributed by atoms with Crippen molar-refractivity contribution >= 4 is 11.9 Å². The molecule has 2 heterocycles. The lowest BCUT2D eigenvalue weighted by Gasteiger charge is -2.43. The van der Waals surface area contributed by atoms with Gasteiger partial charge in [0, 0.05) is 17.7 Å². The van der Waals surface area contributed by atoms with E-state index < -0.39 is 18.0 Å². The number of aryl methyl sites for hydroxylation is 1. The summed E-state index contributed by atoms with van der Waals surface area (Å²) >= 11 is 0. The second kappa shape index (κ2) is 7.36. The third-order valence-electron chi connectivity index (χ3n) is 3.72. The molecule has 1 saturated heterocycles. The normalized spacial score (nSPS) is 16.5. The van der Waals surface area contributed by atoms with Crippen LogP contribution in [0.1, 0.15) is 67.7 Å². The molecule has 0 atom stereocenters. The van der Waals surface area contributed by atoms with E-state index in [-0.39, 0.29) is 19.0 Å². The van der Waals surface area contributed by atoms with Crippen LogP contribution in [0.5, 0.6) is 0 Å². The average molecular weight is 339 g/mol. The number of aromatic nitrogens is 1. The molecule has 1 fully saturated rings. The van der Waals surface area contributed by atoms with Gasteiger partial charge in [-0.05, 0) is 46.6 Å². The SMILES string of the molecule is CCOC(=O)CCc1c(C(=O)OCC)[nH]c(C)c1C1OC(C)(C)O1. The molecular formula is C17H25NO6. The predicted molar refractivity (Wildman–Crippen MR) is 85.4 cm³/mol. The van der Waals surface area contributed by atoms with Crippen LogP contribution in [0, 0.1) is 6.92 Å². The Balaban J connectivity index is 2.28. The lowest BCUT2D eigenvalue weighted by Crippen LogP contribution is -2.43. The van der Waals surface area contributed by atoms with Crippen molar-refractivity contribution in [2.45, 2.75) is 59.5 Å². The summed E-state index contributed by atoms with van der Waals surface area (Å²) in [5, 5.41) is 0. The second-order valence-electron chi connectivity index (χ2n) is 6.01. The fraction of sp³-hybridized carbons (Fsp3) is 0.647. The number of hydrogen-bond acceptors (Lipinski definition) is 6. The van der Waals surface area contributed by atoms with E-state index in [0.29, 0.717) is 24.3 Å². The van der Waals surface area contributed by atoms with Gasteiger partial charge in [0.15, 0.2) is 12.1 Å². The van der Waals surface area contributed by atoms with E-state index in [2.05, 4.69) is 4.98 Å². The minimum absolute atomic E-state index is 0.167. The molecule has 1 aliphatic heterocycles. The van der Waals surface area contributed by atoms with E-state index in [0.717, 1.165) is 11.3 Å². The van der Waals surface area contributed by atoms with Crippen LogP contribution < -0.4 is 0 Å². The van der Waals surface area contributed by atoms with Crippen LogP contribution in [-0.4, -0.2) is 35.9 Å². The summed E-state index contributed by atoms with van der Waals surface area (Å²) in [5.41, 5.74) is 2.53. The first-order chi connectivity index (χ1) is 11.3. The number of H-pyrrole nitrogens is 1. The molecule has 0 unspecified atom stereocenters. The number of esters is 2. The zero-order valence-corrected chi connectivity index (χ0v) is 14.9. The molecule has 0 radical (unpaired) electrons. The van der Waals surface area contributed by atoms with Crippen LogP contribution in [-0.2, 0) is 30.2 Å². The summed E-state index contributed by atoms with van der Waals surface area (Å²) in [5.74, 6) is -1.42. The molecule has 1 N–H and O–H groups in total. The summed E-state index contributed by atoms with van der Waals surface area (Å²) in [6.07, 6.45) is -0.0478. The minimum atomic E-state index is -0.656. The van der Waals surface area contributed by atoms with Crippen molar-refractivity contribution in [2.24, 2.45) is 0 Å². The Morgan fingerprint density at radius 3 is 2.33 bits per heavy atom. The standard InChI is InChI=1S/C17H25NO6/c1-6-21-12(19)9-8-11-13(16-23-17(4,5)24-16)10(3)18-14(11)15(20)22-7-2/h16,18H,6-9H2,1-5H3. The molecule has 0 aromatic carbocycles.